The Balaban J connectivity index is 1.32. The lowest BCUT2D eigenvalue weighted by Crippen LogP contribution is -1.93. The largest absolute Gasteiger partial charge is 0.135 e. The van der Waals surface area contributed by atoms with E-state index in [2.05, 4.69) is 158 Å². The second-order valence-corrected chi connectivity index (χ2v) is 13.8. The van der Waals surface area contributed by atoms with Crippen LogP contribution in [0.2, 0.25) is 0 Å². The van der Waals surface area contributed by atoms with Crippen molar-refractivity contribution in [3.63, 3.8) is 0 Å². The van der Waals surface area contributed by atoms with Gasteiger partial charge in [0.2, 0.25) is 0 Å². The zero-order valence-corrected chi connectivity index (χ0v) is 26.2. The molecule has 1 heterocycles. The van der Waals surface area contributed by atoms with Gasteiger partial charge in [0.1, 0.15) is 0 Å². The van der Waals surface area contributed by atoms with Crippen LogP contribution in [0, 0.1) is 0 Å². The normalized spacial score (nSPS) is 12.3. The number of rotatable bonds is 2. The van der Waals surface area contributed by atoms with Crippen LogP contribution in [-0.4, -0.2) is 0 Å². The van der Waals surface area contributed by atoms with Crippen molar-refractivity contribution in [3.05, 3.63) is 158 Å². The maximum Gasteiger partial charge on any atom is 0.0440 e. The Morgan fingerprint density at radius 2 is 0.894 bits per heavy atom. The molecule has 11 rings (SSSR count). The molecule has 0 aliphatic heterocycles. The predicted molar refractivity (Wildman–Crippen MR) is 206 cm³/mol. The van der Waals surface area contributed by atoms with E-state index in [-0.39, 0.29) is 0 Å². The van der Waals surface area contributed by atoms with E-state index in [4.69, 9.17) is 0 Å². The zero-order valence-electron chi connectivity index (χ0n) is 25.4. The van der Waals surface area contributed by atoms with E-state index in [1.807, 2.05) is 11.3 Å². The Labute approximate surface area is 275 Å². The Morgan fingerprint density at radius 3 is 1.68 bits per heavy atom. The molecule has 0 saturated carbocycles. The van der Waals surface area contributed by atoms with Gasteiger partial charge in [0, 0.05) is 25.6 Å². The first kappa shape index (κ1) is 25.4. The number of benzene rings is 10. The molecule has 0 radical (unpaired) electrons. The molecule has 1 heteroatoms. The third-order valence-corrected chi connectivity index (χ3v) is 11.6. The first-order valence-corrected chi connectivity index (χ1v) is 17.1. The van der Waals surface area contributed by atoms with Gasteiger partial charge in [-0.25, -0.2) is 0 Å². The van der Waals surface area contributed by atoms with Crippen molar-refractivity contribution in [1.29, 1.82) is 0 Å². The molecular weight excluding hydrogens is 585 g/mol. The van der Waals surface area contributed by atoms with Gasteiger partial charge in [-0.3, -0.25) is 0 Å². The van der Waals surface area contributed by atoms with Gasteiger partial charge < -0.3 is 0 Å². The van der Waals surface area contributed by atoms with E-state index in [0.717, 1.165) is 0 Å². The van der Waals surface area contributed by atoms with Gasteiger partial charge in [-0.1, -0.05) is 140 Å². The lowest BCUT2D eigenvalue weighted by atomic mass is 9.82. The fourth-order valence-electron chi connectivity index (χ4n) is 8.43. The van der Waals surface area contributed by atoms with Gasteiger partial charge in [-0.15, -0.1) is 11.3 Å². The van der Waals surface area contributed by atoms with Crippen molar-refractivity contribution in [2.75, 3.05) is 0 Å². The molecule has 0 N–H and O–H groups in total. The lowest BCUT2D eigenvalue weighted by Gasteiger charge is -2.21. The summed E-state index contributed by atoms with van der Waals surface area (Å²) in [5, 5.41) is 18.5. The van der Waals surface area contributed by atoms with Gasteiger partial charge >= 0.3 is 0 Å². The van der Waals surface area contributed by atoms with Crippen LogP contribution >= 0.6 is 11.3 Å². The Kier molecular flexibility index (Phi) is 5.08. The van der Waals surface area contributed by atoms with Crippen molar-refractivity contribution in [3.8, 4) is 22.3 Å². The highest BCUT2D eigenvalue weighted by Gasteiger charge is 2.22. The number of hydrogen-bond acceptors (Lipinski definition) is 1. The fraction of sp³-hybridized carbons (Fsp3) is 0. The van der Waals surface area contributed by atoms with Gasteiger partial charge in [0.25, 0.3) is 0 Å². The molecule has 0 saturated heterocycles. The minimum atomic E-state index is 1.25. The Bertz CT molecular complexity index is 3010. The summed E-state index contributed by atoms with van der Waals surface area (Å²) < 4.78 is 2.73. The Morgan fingerprint density at radius 1 is 0.319 bits per heavy atom. The summed E-state index contributed by atoms with van der Waals surface area (Å²) in [6.45, 7) is 0. The average Bonchev–Trinajstić information content (AvgIpc) is 3.53. The molecule has 0 spiro atoms. The topological polar surface area (TPSA) is 0 Å². The van der Waals surface area contributed by atoms with E-state index < -0.39 is 0 Å². The predicted octanol–water partition coefficient (Wildman–Crippen LogP) is 13.7. The van der Waals surface area contributed by atoms with Gasteiger partial charge in [0.05, 0.1) is 0 Å². The summed E-state index contributed by atoms with van der Waals surface area (Å²) in [5.41, 5.74) is 5.17. The maximum atomic E-state index is 2.47. The molecule has 0 atom stereocenters. The SMILES string of the molecule is c1ccc2cc(-c3c4ccccc4c(-c4cc5cccc6c7c8ccccc8sc7c7cccc4c7c56)c4ccccc34)ccc2c1. The fourth-order valence-corrected chi connectivity index (χ4v) is 9.68. The van der Waals surface area contributed by atoms with Crippen molar-refractivity contribution < 1.29 is 0 Å². The van der Waals surface area contributed by atoms with Crippen LogP contribution in [0.25, 0.3) is 107 Å². The summed E-state index contributed by atoms with van der Waals surface area (Å²) in [4.78, 5) is 0. The van der Waals surface area contributed by atoms with E-state index in [9.17, 15) is 0 Å². The highest BCUT2D eigenvalue weighted by Crippen LogP contribution is 2.51. The number of thiophene rings is 1. The summed E-state index contributed by atoms with van der Waals surface area (Å²) in [7, 11) is 0. The van der Waals surface area contributed by atoms with Crippen LogP contribution in [0.1, 0.15) is 0 Å². The molecule has 0 bridgehead atoms. The van der Waals surface area contributed by atoms with E-state index in [1.54, 1.807) is 0 Å². The molecule has 0 fully saturated rings. The summed E-state index contributed by atoms with van der Waals surface area (Å²) in [6.07, 6.45) is 0. The van der Waals surface area contributed by atoms with Crippen molar-refractivity contribution >= 4 is 96.1 Å². The molecular formula is C46H26S. The van der Waals surface area contributed by atoms with E-state index in [1.165, 1.54) is 107 Å². The molecule has 10 aromatic carbocycles. The van der Waals surface area contributed by atoms with Crippen LogP contribution < -0.4 is 0 Å². The van der Waals surface area contributed by atoms with Crippen LogP contribution in [0.3, 0.4) is 0 Å². The van der Waals surface area contributed by atoms with Crippen molar-refractivity contribution in [1.82, 2.24) is 0 Å². The molecule has 0 amide bonds. The Hall–Kier alpha value is -5.76. The van der Waals surface area contributed by atoms with E-state index >= 15 is 0 Å². The van der Waals surface area contributed by atoms with Gasteiger partial charge in [-0.05, 0) is 99.7 Å². The van der Waals surface area contributed by atoms with Crippen molar-refractivity contribution in [2.45, 2.75) is 0 Å². The minimum absolute atomic E-state index is 1.25. The summed E-state index contributed by atoms with van der Waals surface area (Å²) in [5.74, 6) is 0. The van der Waals surface area contributed by atoms with Gasteiger partial charge in [0.15, 0.2) is 0 Å². The molecule has 0 nitrogen and oxygen atoms in total. The number of fused-ring (bicyclic) bond motifs is 8. The first-order chi connectivity index (χ1) is 23.3. The molecule has 0 aliphatic carbocycles. The zero-order chi connectivity index (χ0) is 30.6. The van der Waals surface area contributed by atoms with E-state index in [0.29, 0.717) is 0 Å². The standard InChI is InChI=1S/C46H26S/c1-2-12-28-25-30(24-23-27(28)11-1)41-31-14-3-5-16-33(31)43(34-17-6-4-15-32(34)41)39-26-29-13-9-20-37-42(29)44-35(39)19-10-21-38(44)46-45(37)36-18-7-8-22-40(36)47-46/h1-26H. The quantitative estimate of drug-likeness (QED) is 0.135. The molecule has 1 aromatic heterocycles. The van der Waals surface area contributed by atoms with Crippen molar-refractivity contribution in [2.24, 2.45) is 0 Å². The average molecular weight is 611 g/mol. The molecule has 0 aliphatic rings. The first-order valence-electron chi connectivity index (χ1n) is 16.3. The second kappa shape index (κ2) is 9.39. The van der Waals surface area contributed by atoms with Crippen LogP contribution in [0.5, 0.6) is 0 Å². The lowest BCUT2D eigenvalue weighted by molar-refractivity contribution is 1.69. The number of hydrogen-bond donors (Lipinski definition) is 0. The second-order valence-electron chi connectivity index (χ2n) is 12.8. The smallest absolute Gasteiger partial charge is 0.0440 e. The summed E-state index contributed by atoms with van der Waals surface area (Å²) >= 11 is 1.93. The molecule has 216 valence electrons. The third kappa shape index (κ3) is 3.42. The summed E-state index contributed by atoms with van der Waals surface area (Å²) in [6, 6.07) is 58.8. The molecule has 11 aromatic rings. The van der Waals surface area contributed by atoms with Gasteiger partial charge in [-0.2, -0.15) is 0 Å². The minimum Gasteiger partial charge on any atom is -0.135 e. The highest BCUT2D eigenvalue weighted by atomic mass is 32.1. The molecule has 0 unspecified atom stereocenters. The van der Waals surface area contributed by atoms with Crippen LogP contribution in [0.4, 0.5) is 0 Å². The van der Waals surface area contributed by atoms with Crippen LogP contribution in [0.15, 0.2) is 158 Å². The maximum absolute atomic E-state index is 2.47. The molecule has 47 heavy (non-hydrogen) atoms. The third-order valence-electron chi connectivity index (χ3n) is 10.3. The monoisotopic (exact) mass is 610 g/mol. The van der Waals surface area contributed by atoms with Crippen LogP contribution in [-0.2, 0) is 0 Å². The highest BCUT2D eigenvalue weighted by molar-refractivity contribution is 7.27.